The molecule has 0 unspecified atom stereocenters. The lowest BCUT2D eigenvalue weighted by Gasteiger charge is -2.24. The zero-order chi connectivity index (χ0) is 16.4. The van der Waals surface area contributed by atoms with Crippen LogP contribution in [-0.4, -0.2) is 29.3 Å². The minimum absolute atomic E-state index is 0.0740. The molecule has 3 rings (SSSR count). The Kier molecular flexibility index (Phi) is 4.23. The second-order valence-corrected chi connectivity index (χ2v) is 6.08. The molecule has 1 aromatic carbocycles. The summed E-state index contributed by atoms with van der Waals surface area (Å²) in [4.78, 5) is 14.6. The van der Waals surface area contributed by atoms with Crippen LogP contribution in [0, 0.1) is 12.8 Å². The largest absolute Gasteiger partial charge is 0.454 e. The van der Waals surface area contributed by atoms with E-state index < -0.39 is 0 Å². The van der Waals surface area contributed by atoms with Gasteiger partial charge in [-0.05, 0) is 30.5 Å². The highest BCUT2D eigenvalue weighted by molar-refractivity contribution is 5.94. The molecule has 0 saturated heterocycles. The zero-order valence-corrected chi connectivity index (χ0v) is 13.5. The fourth-order valence-corrected chi connectivity index (χ4v) is 2.59. The van der Waals surface area contributed by atoms with Crippen LogP contribution in [0.1, 0.15) is 35.5 Å². The van der Waals surface area contributed by atoms with E-state index in [9.17, 15) is 4.79 Å². The summed E-state index contributed by atoms with van der Waals surface area (Å²) in [6.07, 6.45) is 1.41. The number of hydrogen-bond donors (Lipinski definition) is 0. The lowest BCUT2D eigenvalue weighted by Crippen LogP contribution is -2.34. The van der Waals surface area contributed by atoms with Crippen LogP contribution in [0.5, 0.6) is 11.5 Å². The molecule has 0 radical (unpaired) electrons. The van der Waals surface area contributed by atoms with Crippen molar-refractivity contribution in [2.45, 2.75) is 27.3 Å². The average molecular weight is 316 g/mol. The molecular weight excluding hydrogens is 296 g/mol. The first-order valence-electron chi connectivity index (χ1n) is 7.63. The molecule has 0 atom stereocenters. The lowest BCUT2D eigenvalue weighted by molar-refractivity contribution is 0.0721. The van der Waals surface area contributed by atoms with Crippen molar-refractivity contribution in [3.8, 4) is 11.5 Å². The Morgan fingerprint density at radius 3 is 2.78 bits per heavy atom. The van der Waals surface area contributed by atoms with E-state index >= 15 is 0 Å². The van der Waals surface area contributed by atoms with E-state index in [1.807, 2.05) is 23.1 Å². The summed E-state index contributed by atoms with van der Waals surface area (Å²) in [5, 5.41) is 3.79. The van der Waals surface area contributed by atoms with Crippen molar-refractivity contribution < 1.29 is 18.8 Å². The number of fused-ring (bicyclic) bond motifs is 1. The minimum Gasteiger partial charge on any atom is -0.454 e. The summed E-state index contributed by atoms with van der Waals surface area (Å²) in [7, 11) is 0. The maximum atomic E-state index is 12.8. The first-order chi connectivity index (χ1) is 11.0. The topological polar surface area (TPSA) is 64.8 Å². The fourth-order valence-electron chi connectivity index (χ4n) is 2.59. The van der Waals surface area contributed by atoms with Gasteiger partial charge in [-0.1, -0.05) is 25.1 Å². The molecule has 1 aromatic heterocycles. The number of carbonyl (C=O) groups excluding carboxylic acids is 1. The van der Waals surface area contributed by atoms with Crippen molar-refractivity contribution in [1.82, 2.24) is 10.1 Å². The van der Waals surface area contributed by atoms with Crippen molar-refractivity contribution >= 4 is 5.91 Å². The SMILES string of the molecule is Cc1nocc1C(=O)N(Cc1ccc2c(c1)OCO2)CC(C)C. The number of hydrogen-bond acceptors (Lipinski definition) is 5. The van der Waals surface area contributed by atoms with Crippen molar-refractivity contribution in [2.75, 3.05) is 13.3 Å². The third kappa shape index (κ3) is 3.31. The highest BCUT2D eigenvalue weighted by Crippen LogP contribution is 2.33. The quantitative estimate of drug-likeness (QED) is 0.848. The number of nitrogens with zero attached hydrogens (tertiary/aromatic N) is 2. The summed E-state index contributed by atoms with van der Waals surface area (Å²) in [5.41, 5.74) is 2.11. The second kappa shape index (κ2) is 6.32. The van der Waals surface area contributed by atoms with Gasteiger partial charge in [0.2, 0.25) is 6.79 Å². The van der Waals surface area contributed by atoms with E-state index in [1.54, 1.807) is 6.92 Å². The van der Waals surface area contributed by atoms with Crippen molar-refractivity contribution in [3.05, 3.63) is 41.3 Å². The maximum Gasteiger partial charge on any atom is 0.259 e. The van der Waals surface area contributed by atoms with Gasteiger partial charge in [-0.15, -0.1) is 0 Å². The van der Waals surface area contributed by atoms with Crippen LogP contribution in [0.2, 0.25) is 0 Å². The highest BCUT2D eigenvalue weighted by atomic mass is 16.7. The van der Waals surface area contributed by atoms with Crippen LogP contribution in [0.25, 0.3) is 0 Å². The van der Waals surface area contributed by atoms with Crippen molar-refractivity contribution in [1.29, 1.82) is 0 Å². The van der Waals surface area contributed by atoms with E-state index in [4.69, 9.17) is 14.0 Å². The average Bonchev–Trinajstić information content (AvgIpc) is 3.13. The number of rotatable bonds is 5. The molecule has 1 aliphatic heterocycles. The van der Waals surface area contributed by atoms with Gasteiger partial charge in [-0.2, -0.15) is 0 Å². The molecule has 6 nitrogen and oxygen atoms in total. The van der Waals surface area contributed by atoms with E-state index in [0.29, 0.717) is 30.3 Å². The summed E-state index contributed by atoms with van der Waals surface area (Å²) >= 11 is 0. The summed E-state index contributed by atoms with van der Waals surface area (Å²) < 4.78 is 15.6. The molecule has 2 aromatic rings. The van der Waals surface area contributed by atoms with Crippen LogP contribution >= 0.6 is 0 Å². The standard InChI is InChI=1S/C17H20N2O4/c1-11(2)7-19(17(20)14-9-23-18-12(14)3)8-13-4-5-15-16(6-13)22-10-21-15/h4-6,9,11H,7-8,10H2,1-3H3. The number of aryl methyl sites for hydroxylation is 1. The van der Waals surface area contributed by atoms with Gasteiger partial charge >= 0.3 is 0 Å². The normalized spacial score (nSPS) is 12.7. The van der Waals surface area contributed by atoms with Gasteiger partial charge in [0, 0.05) is 13.1 Å². The third-order valence-corrected chi connectivity index (χ3v) is 3.66. The highest BCUT2D eigenvalue weighted by Gasteiger charge is 2.22. The van der Waals surface area contributed by atoms with Crippen LogP contribution in [0.4, 0.5) is 0 Å². The van der Waals surface area contributed by atoms with Gasteiger partial charge in [-0.25, -0.2) is 0 Å². The van der Waals surface area contributed by atoms with Crippen LogP contribution in [0.15, 0.2) is 29.0 Å². The van der Waals surface area contributed by atoms with Crippen LogP contribution in [-0.2, 0) is 6.54 Å². The summed E-state index contributed by atoms with van der Waals surface area (Å²) in [6, 6.07) is 5.75. The van der Waals surface area contributed by atoms with Gasteiger partial charge < -0.3 is 18.9 Å². The monoisotopic (exact) mass is 316 g/mol. The number of carbonyl (C=O) groups is 1. The molecule has 1 amide bonds. The van der Waals surface area contributed by atoms with Gasteiger partial charge in [-0.3, -0.25) is 4.79 Å². The van der Waals surface area contributed by atoms with E-state index in [2.05, 4.69) is 19.0 Å². The Balaban J connectivity index is 1.82. The van der Waals surface area contributed by atoms with Crippen LogP contribution < -0.4 is 9.47 Å². The number of amides is 1. The number of ether oxygens (including phenoxy) is 2. The van der Waals surface area contributed by atoms with Crippen molar-refractivity contribution in [3.63, 3.8) is 0 Å². The van der Waals surface area contributed by atoms with Crippen molar-refractivity contribution in [2.24, 2.45) is 5.92 Å². The second-order valence-electron chi connectivity index (χ2n) is 6.08. The Hall–Kier alpha value is -2.50. The molecule has 0 spiro atoms. The smallest absolute Gasteiger partial charge is 0.259 e. The molecule has 0 bridgehead atoms. The molecule has 2 heterocycles. The Morgan fingerprint density at radius 2 is 2.09 bits per heavy atom. The molecule has 23 heavy (non-hydrogen) atoms. The molecule has 1 aliphatic rings. The number of benzene rings is 1. The molecule has 0 N–H and O–H groups in total. The maximum absolute atomic E-state index is 12.8. The van der Waals surface area contributed by atoms with E-state index in [-0.39, 0.29) is 12.7 Å². The molecule has 6 heteroatoms. The molecule has 0 saturated carbocycles. The summed E-state index contributed by atoms with van der Waals surface area (Å²) in [5.74, 6) is 1.74. The number of aromatic nitrogens is 1. The van der Waals surface area contributed by atoms with Gasteiger partial charge in [0.05, 0.1) is 5.69 Å². The predicted molar refractivity (Wildman–Crippen MR) is 83.4 cm³/mol. The fraction of sp³-hybridized carbons (Fsp3) is 0.412. The minimum atomic E-state index is -0.0740. The molecule has 122 valence electrons. The molecule has 0 aliphatic carbocycles. The van der Waals surface area contributed by atoms with Gasteiger partial charge in [0.15, 0.2) is 11.5 Å². The Bertz CT molecular complexity index is 708. The van der Waals surface area contributed by atoms with Gasteiger partial charge in [0.1, 0.15) is 11.8 Å². The van der Waals surface area contributed by atoms with Crippen LogP contribution in [0.3, 0.4) is 0 Å². The van der Waals surface area contributed by atoms with E-state index in [0.717, 1.165) is 17.1 Å². The summed E-state index contributed by atoms with van der Waals surface area (Å²) in [6.45, 7) is 7.33. The Morgan fingerprint density at radius 1 is 1.30 bits per heavy atom. The van der Waals surface area contributed by atoms with Gasteiger partial charge in [0.25, 0.3) is 5.91 Å². The molecular formula is C17H20N2O4. The van der Waals surface area contributed by atoms with E-state index in [1.165, 1.54) is 6.26 Å². The first kappa shape index (κ1) is 15.4. The predicted octanol–water partition coefficient (Wildman–Crippen LogP) is 3.01. The third-order valence-electron chi connectivity index (χ3n) is 3.66. The molecule has 0 fully saturated rings. The first-order valence-corrected chi connectivity index (χ1v) is 7.63. The zero-order valence-electron chi connectivity index (χ0n) is 13.5. The lowest BCUT2D eigenvalue weighted by atomic mass is 10.1. The Labute approximate surface area is 135 Å².